The number of aryl methyl sites for hydroxylation is 3. The van der Waals surface area contributed by atoms with Crippen LogP contribution in [0.15, 0.2) is 18.0 Å². The van der Waals surface area contributed by atoms with Crippen LogP contribution >= 0.6 is 0 Å². The summed E-state index contributed by atoms with van der Waals surface area (Å²) in [6, 6.07) is 3.79. The Hall–Kier alpha value is -1.64. The van der Waals surface area contributed by atoms with Crippen molar-refractivity contribution in [1.82, 2.24) is 0 Å². The standard InChI is InChI=1S/C12H13FO2/c1-7-4-8(2)10(9(3)5-7)6-11(13)12(14)15/h4-6H,1-3H3,(H,14,15). The van der Waals surface area contributed by atoms with Gasteiger partial charge in [0, 0.05) is 0 Å². The Balaban J connectivity index is 3.27. The number of benzene rings is 1. The number of hydrogen-bond donors (Lipinski definition) is 1. The zero-order chi connectivity index (χ0) is 11.6. The summed E-state index contributed by atoms with van der Waals surface area (Å²) in [6.45, 7) is 5.61. The third-order valence-corrected chi connectivity index (χ3v) is 2.21. The van der Waals surface area contributed by atoms with Gasteiger partial charge >= 0.3 is 5.97 Å². The molecule has 0 heterocycles. The minimum Gasteiger partial charge on any atom is -0.476 e. The average Bonchev–Trinajstić information content (AvgIpc) is 2.10. The van der Waals surface area contributed by atoms with E-state index in [2.05, 4.69) is 0 Å². The maximum atomic E-state index is 12.9. The third kappa shape index (κ3) is 2.65. The fraction of sp³-hybridized carbons (Fsp3) is 0.250. The van der Waals surface area contributed by atoms with Crippen LogP contribution in [0.3, 0.4) is 0 Å². The molecule has 0 spiro atoms. The highest BCUT2D eigenvalue weighted by Gasteiger charge is 2.08. The Morgan fingerprint density at radius 2 is 1.73 bits per heavy atom. The quantitative estimate of drug-likeness (QED) is 0.758. The fourth-order valence-corrected chi connectivity index (χ4v) is 1.61. The van der Waals surface area contributed by atoms with Crippen LogP contribution in [0.5, 0.6) is 0 Å². The van der Waals surface area contributed by atoms with Crippen LogP contribution in [0.4, 0.5) is 4.39 Å². The SMILES string of the molecule is Cc1cc(C)c(C=C(F)C(=O)O)c(C)c1. The van der Waals surface area contributed by atoms with Crippen LogP contribution in [-0.4, -0.2) is 11.1 Å². The van der Waals surface area contributed by atoms with E-state index in [-0.39, 0.29) is 0 Å². The number of carbonyl (C=O) groups is 1. The number of hydrogen-bond acceptors (Lipinski definition) is 1. The van der Waals surface area contributed by atoms with Gasteiger partial charge < -0.3 is 5.11 Å². The van der Waals surface area contributed by atoms with E-state index in [0.717, 1.165) is 22.8 Å². The second-order valence-electron chi connectivity index (χ2n) is 3.61. The molecule has 0 saturated heterocycles. The van der Waals surface area contributed by atoms with Crippen LogP contribution in [0.1, 0.15) is 22.3 Å². The number of rotatable bonds is 2. The monoisotopic (exact) mass is 208 g/mol. The van der Waals surface area contributed by atoms with Crippen LogP contribution in [0, 0.1) is 20.8 Å². The molecule has 1 aromatic carbocycles. The molecule has 0 aromatic heterocycles. The largest absolute Gasteiger partial charge is 0.476 e. The molecule has 1 N–H and O–H groups in total. The summed E-state index contributed by atoms with van der Waals surface area (Å²) in [4.78, 5) is 10.3. The number of halogens is 1. The maximum Gasteiger partial charge on any atom is 0.364 e. The van der Waals surface area contributed by atoms with Crippen molar-refractivity contribution in [2.75, 3.05) is 0 Å². The average molecular weight is 208 g/mol. The molecule has 1 aromatic rings. The molecular formula is C12H13FO2. The van der Waals surface area contributed by atoms with E-state index < -0.39 is 11.8 Å². The van der Waals surface area contributed by atoms with Gasteiger partial charge in [-0.2, -0.15) is 4.39 Å². The van der Waals surface area contributed by atoms with E-state index in [1.54, 1.807) is 0 Å². The van der Waals surface area contributed by atoms with Crippen molar-refractivity contribution in [2.24, 2.45) is 0 Å². The van der Waals surface area contributed by atoms with Crippen molar-refractivity contribution >= 4 is 12.0 Å². The second-order valence-corrected chi connectivity index (χ2v) is 3.61. The molecule has 0 bridgehead atoms. The lowest BCUT2D eigenvalue weighted by Crippen LogP contribution is -1.96. The smallest absolute Gasteiger partial charge is 0.364 e. The van der Waals surface area contributed by atoms with E-state index in [4.69, 9.17) is 5.11 Å². The van der Waals surface area contributed by atoms with Crippen LogP contribution in [0.2, 0.25) is 0 Å². The van der Waals surface area contributed by atoms with Gasteiger partial charge in [0.05, 0.1) is 0 Å². The third-order valence-electron chi connectivity index (χ3n) is 2.21. The predicted octanol–water partition coefficient (Wildman–Crippen LogP) is 3.01. The van der Waals surface area contributed by atoms with Crippen LogP contribution in [-0.2, 0) is 4.79 Å². The second kappa shape index (κ2) is 4.26. The number of carboxylic acid groups (broad SMARTS) is 1. The molecule has 0 atom stereocenters. The first-order valence-corrected chi connectivity index (χ1v) is 4.60. The topological polar surface area (TPSA) is 37.3 Å². The van der Waals surface area contributed by atoms with Gasteiger partial charge in [0.25, 0.3) is 0 Å². The highest BCUT2D eigenvalue weighted by molar-refractivity contribution is 5.90. The Bertz CT molecular complexity index is 410. The Morgan fingerprint density at radius 3 is 2.13 bits per heavy atom. The molecule has 0 aliphatic carbocycles. The maximum absolute atomic E-state index is 12.9. The van der Waals surface area contributed by atoms with Gasteiger partial charge in [0.15, 0.2) is 0 Å². The van der Waals surface area contributed by atoms with Crippen molar-refractivity contribution in [3.63, 3.8) is 0 Å². The van der Waals surface area contributed by atoms with Gasteiger partial charge in [0.2, 0.25) is 5.83 Å². The molecule has 0 saturated carbocycles. The van der Waals surface area contributed by atoms with Gasteiger partial charge in [-0.25, -0.2) is 4.79 Å². The highest BCUT2D eigenvalue weighted by Crippen LogP contribution is 2.19. The Kier molecular flexibility index (Phi) is 3.24. The molecule has 0 radical (unpaired) electrons. The van der Waals surface area contributed by atoms with E-state index in [1.807, 2.05) is 32.9 Å². The lowest BCUT2D eigenvalue weighted by atomic mass is 9.99. The van der Waals surface area contributed by atoms with E-state index in [9.17, 15) is 9.18 Å². The Labute approximate surface area is 88.1 Å². The highest BCUT2D eigenvalue weighted by atomic mass is 19.1. The molecule has 1 rings (SSSR count). The molecule has 0 aliphatic rings. The molecule has 0 unspecified atom stereocenters. The molecule has 80 valence electrons. The lowest BCUT2D eigenvalue weighted by molar-refractivity contribution is -0.134. The normalized spacial score (nSPS) is 11.6. The minimum absolute atomic E-state index is 0.639. The van der Waals surface area contributed by atoms with Gasteiger partial charge in [0.1, 0.15) is 0 Å². The number of carboxylic acids is 1. The molecule has 0 aliphatic heterocycles. The van der Waals surface area contributed by atoms with E-state index >= 15 is 0 Å². The molecule has 0 amide bonds. The molecule has 2 nitrogen and oxygen atoms in total. The first-order valence-electron chi connectivity index (χ1n) is 4.60. The van der Waals surface area contributed by atoms with Crippen molar-refractivity contribution in [2.45, 2.75) is 20.8 Å². The summed E-state index contributed by atoms with van der Waals surface area (Å²) >= 11 is 0. The molecule has 3 heteroatoms. The summed E-state index contributed by atoms with van der Waals surface area (Å²) < 4.78 is 12.9. The minimum atomic E-state index is -1.53. The van der Waals surface area contributed by atoms with Gasteiger partial charge in [-0.15, -0.1) is 0 Å². The van der Waals surface area contributed by atoms with E-state index in [1.165, 1.54) is 0 Å². The lowest BCUT2D eigenvalue weighted by Gasteiger charge is -2.06. The first kappa shape index (κ1) is 11.4. The van der Waals surface area contributed by atoms with Gasteiger partial charge in [-0.3, -0.25) is 0 Å². The van der Waals surface area contributed by atoms with E-state index in [0.29, 0.717) is 5.56 Å². The zero-order valence-electron chi connectivity index (χ0n) is 8.97. The zero-order valence-corrected chi connectivity index (χ0v) is 8.97. The first-order chi connectivity index (χ1) is 6.91. The van der Waals surface area contributed by atoms with Gasteiger partial charge in [-0.1, -0.05) is 17.7 Å². The summed E-state index contributed by atoms with van der Waals surface area (Å²) in [5, 5.41) is 8.44. The van der Waals surface area contributed by atoms with Gasteiger partial charge in [-0.05, 0) is 43.5 Å². The summed E-state index contributed by atoms with van der Waals surface area (Å²) in [6.07, 6.45) is 1.06. The number of aliphatic carboxylic acids is 1. The molecule has 15 heavy (non-hydrogen) atoms. The molecule has 0 fully saturated rings. The van der Waals surface area contributed by atoms with Crippen LogP contribution < -0.4 is 0 Å². The fourth-order valence-electron chi connectivity index (χ4n) is 1.61. The van der Waals surface area contributed by atoms with Crippen molar-refractivity contribution in [3.05, 3.63) is 40.2 Å². The predicted molar refractivity (Wildman–Crippen MR) is 57.4 cm³/mol. The molecular weight excluding hydrogens is 195 g/mol. The van der Waals surface area contributed by atoms with Crippen molar-refractivity contribution < 1.29 is 14.3 Å². The van der Waals surface area contributed by atoms with Crippen molar-refractivity contribution in [3.8, 4) is 0 Å². The summed E-state index contributed by atoms with van der Waals surface area (Å²) in [5.74, 6) is -2.67. The Morgan fingerprint density at radius 1 is 1.27 bits per heavy atom. The van der Waals surface area contributed by atoms with Crippen molar-refractivity contribution in [1.29, 1.82) is 0 Å². The summed E-state index contributed by atoms with van der Waals surface area (Å²) in [5.41, 5.74) is 3.48. The van der Waals surface area contributed by atoms with Crippen LogP contribution in [0.25, 0.3) is 6.08 Å². The summed E-state index contributed by atoms with van der Waals surface area (Å²) in [7, 11) is 0.